The predicted octanol–water partition coefficient (Wildman–Crippen LogP) is 3.98. The number of hydrogen-bond donors (Lipinski definition) is 1. The number of rotatable bonds is 3. The Kier molecular flexibility index (Phi) is 3.93. The van der Waals surface area contributed by atoms with E-state index < -0.39 is 5.82 Å². The highest BCUT2D eigenvalue weighted by Gasteiger charge is 2.05. The van der Waals surface area contributed by atoms with Gasteiger partial charge >= 0.3 is 0 Å². The van der Waals surface area contributed by atoms with Crippen LogP contribution in [0.25, 0.3) is 0 Å². The Morgan fingerprint density at radius 2 is 1.83 bits per heavy atom. The van der Waals surface area contributed by atoms with Crippen LogP contribution in [0.15, 0.2) is 40.9 Å². The van der Waals surface area contributed by atoms with Gasteiger partial charge in [0, 0.05) is 12.6 Å². The molecule has 0 bridgehead atoms. The molecule has 94 valence electrons. The molecule has 0 saturated carbocycles. The van der Waals surface area contributed by atoms with Crippen LogP contribution in [0.3, 0.4) is 0 Å². The highest BCUT2D eigenvalue weighted by Crippen LogP contribution is 2.27. The van der Waals surface area contributed by atoms with Crippen LogP contribution in [0.1, 0.15) is 5.56 Å². The van der Waals surface area contributed by atoms with Gasteiger partial charge in [0.25, 0.3) is 0 Å². The van der Waals surface area contributed by atoms with Crippen molar-refractivity contribution in [3.63, 3.8) is 0 Å². The van der Waals surface area contributed by atoms with E-state index in [1.165, 1.54) is 30.3 Å². The zero-order chi connectivity index (χ0) is 13.1. The van der Waals surface area contributed by atoms with Crippen LogP contribution in [0.4, 0.5) is 8.78 Å². The Balaban J connectivity index is 2.27. The molecule has 0 atom stereocenters. The van der Waals surface area contributed by atoms with E-state index in [2.05, 4.69) is 15.9 Å². The number of benzene rings is 2. The van der Waals surface area contributed by atoms with Crippen molar-refractivity contribution in [1.82, 2.24) is 0 Å². The standard InChI is InChI=1S/C13H10BrF2NO/c14-12-6-10(1-2-13(12)16)18-11-4-8(7-17)3-9(15)5-11/h1-6H,7,17H2. The van der Waals surface area contributed by atoms with E-state index in [0.29, 0.717) is 17.1 Å². The first-order valence-electron chi connectivity index (χ1n) is 5.21. The van der Waals surface area contributed by atoms with Crippen molar-refractivity contribution in [2.45, 2.75) is 6.54 Å². The fourth-order valence-corrected chi connectivity index (χ4v) is 1.83. The van der Waals surface area contributed by atoms with E-state index in [4.69, 9.17) is 10.5 Å². The van der Waals surface area contributed by atoms with Crippen molar-refractivity contribution >= 4 is 15.9 Å². The molecule has 0 spiro atoms. The smallest absolute Gasteiger partial charge is 0.137 e. The van der Waals surface area contributed by atoms with Crippen LogP contribution in [-0.4, -0.2) is 0 Å². The molecule has 0 heterocycles. The fourth-order valence-electron chi connectivity index (χ4n) is 1.47. The predicted molar refractivity (Wildman–Crippen MR) is 68.5 cm³/mol. The maximum Gasteiger partial charge on any atom is 0.137 e. The van der Waals surface area contributed by atoms with E-state index in [1.807, 2.05) is 0 Å². The van der Waals surface area contributed by atoms with Gasteiger partial charge in [-0.15, -0.1) is 0 Å². The third-order valence-corrected chi connectivity index (χ3v) is 2.90. The SMILES string of the molecule is NCc1cc(F)cc(Oc2ccc(F)c(Br)c2)c1. The van der Waals surface area contributed by atoms with Gasteiger partial charge in [0.2, 0.25) is 0 Å². The van der Waals surface area contributed by atoms with Crippen molar-refractivity contribution in [3.8, 4) is 11.5 Å². The van der Waals surface area contributed by atoms with Gasteiger partial charge in [0.1, 0.15) is 23.1 Å². The molecule has 5 heteroatoms. The molecule has 0 aliphatic heterocycles. The fraction of sp³-hybridized carbons (Fsp3) is 0.0769. The van der Waals surface area contributed by atoms with Crippen molar-refractivity contribution in [2.24, 2.45) is 5.73 Å². The van der Waals surface area contributed by atoms with Crippen molar-refractivity contribution < 1.29 is 13.5 Å². The highest BCUT2D eigenvalue weighted by molar-refractivity contribution is 9.10. The lowest BCUT2D eigenvalue weighted by molar-refractivity contribution is 0.473. The van der Waals surface area contributed by atoms with Gasteiger partial charge in [-0.3, -0.25) is 0 Å². The van der Waals surface area contributed by atoms with Gasteiger partial charge in [-0.1, -0.05) is 0 Å². The van der Waals surface area contributed by atoms with Crippen molar-refractivity contribution in [2.75, 3.05) is 0 Å². The molecular formula is C13H10BrF2NO. The van der Waals surface area contributed by atoms with Crippen LogP contribution >= 0.6 is 15.9 Å². The molecule has 2 N–H and O–H groups in total. The summed E-state index contributed by atoms with van der Waals surface area (Å²) in [6, 6.07) is 8.43. The monoisotopic (exact) mass is 313 g/mol. The number of ether oxygens (including phenoxy) is 1. The first kappa shape index (κ1) is 13.0. The second kappa shape index (κ2) is 5.46. The molecule has 0 radical (unpaired) electrons. The zero-order valence-corrected chi connectivity index (χ0v) is 10.9. The summed E-state index contributed by atoms with van der Waals surface area (Å²) in [5.74, 6) is -0.0656. The molecule has 18 heavy (non-hydrogen) atoms. The lowest BCUT2D eigenvalue weighted by atomic mass is 10.2. The van der Waals surface area contributed by atoms with Gasteiger partial charge in [-0.2, -0.15) is 0 Å². The van der Waals surface area contributed by atoms with Crippen molar-refractivity contribution in [3.05, 3.63) is 58.1 Å². The summed E-state index contributed by atoms with van der Waals surface area (Å²) in [5.41, 5.74) is 6.08. The van der Waals surface area contributed by atoms with Gasteiger partial charge in [-0.25, -0.2) is 8.78 Å². The maximum atomic E-state index is 13.3. The van der Waals surface area contributed by atoms with Gasteiger partial charge < -0.3 is 10.5 Å². The first-order valence-corrected chi connectivity index (χ1v) is 6.00. The van der Waals surface area contributed by atoms with E-state index >= 15 is 0 Å². The number of hydrogen-bond acceptors (Lipinski definition) is 2. The average molecular weight is 314 g/mol. The third kappa shape index (κ3) is 3.05. The average Bonchev–Trinajstić information content (AvgIpc) is 2.33. The number of nitrogens with two attached hydrogens (primary N) is 1. The van der Waals surface area contributed by atoms with E-state index in [9.17, 15) is 8.78 Å². The zero-order valence-electron chi connectivity index (χ0n) is 9.29. The Bertz CT molecular complexity index is 575. The van der Waals surface area contributed by atoms with Crippen LogP contribution in [0, 0.1) is 11.6 Å². The summed E-state index contributed by atoms with van der Waals surface area (Å²) in [6.07, 6.45) is 0. The molecule has 0 unspecified atom stereocenters. The summed E-state index contributed by atoms with van der Waals surface area (Å²) in [4.78, 5) is 0. The maximum absolute atomic E-state index is 13.3. The Labute approximate surface area is 112 Å². The molecule has 2 aromatic carbocycles. The number of halogens is 3. The second-order valence-electron chi connectivity index (χ2n) is 3.68. The Hall–Kier alpha value is -1.46. The molecule has 0 aliphatic rings. The molecule has 0 amide bonds. The van der Waals surface area contributed by atoms with Crippen LogP contribution < -0.4 is 10.5 Å². The van der Waals surface area contributed by atoms with E-state index in [-0.39, 0.29) is 16.8 Å². The minimum absolute atomic E-state index is 0.223. The molecule has 0 saturated heterocycles. The van der Waals surface area contributed by atoms with Gasteiger partial charge in [-0.05, 0) is 51.8 Å². The molecule has 2 nitrogen and oxygen atoms in total. The largest absolute Gasteiger partial charge is 0.457 e. The van der Waals surface area contributed by atoms with Crippen LogP contribution in [0.2, 0.25) is 0 Å². The molecular weight excluding hydrogens is 304 g/mol. The first-order chi connectivity index (χ1) is 8.58. The topological polar surface area (TPSA) is 35.2 Å². The van der Waals surface area contributed by atoms with E-state index in [0.717, 1.165) is 0 Å². The Morgan fingerprint density at radius 1 is 1.06 bits per heavy atom. The minimum atomic E-state index is -0.422. The van der Waals surface area contributed by atoms with Gasteiger partial charge in [0.15, 0.2) is 0 Å². The summed E-state index contributed by atoms with van der Waals surface area (Å²) in [6.45, 7) is 0.223. The summed E-state index contributed by atoms with van der Waals surface area (Å²) in [5, 5.41) is 0. The lowest BCUT2D eigenvalue weighted by Gasteiger charge is -2.08. The third-order valence-electron chi connectivity index (χ3n) is 2.29. The molecule has 2 aromatic rings. The van der Waals surface area contributed by atoms with Crippen LogP contribution in [-0.2, 0) is 6.54 Å². The quantitative estimate of drug-likeness (QED) is 0.930. The van der Waals surface area contributed by atoms with Crippen molar-refractivity contribution in [1.29, 1.82) is 0 Å². The molecule has 0 aromatic heterocycles. The molecule has 2 rings (SSSR count). The van der Waals surface area contributed by atoms with Crippen LogP contribution in [0.5, 0.6) is 11.5 Å². The molecule has 0 aliphatic carbocycles. The molecule has 0 fully saturated rings. The Morgan fingerprint density at radius 3 is 2.50 bits per heavy atom. The summed E-state index contributed by atoms with van der Waals surface area (Å²) in [7, 11) is 0. The highest BCUT2D eigenvalue weighted by atomic mass is 79.9. The summed E-state index contributed by atoms with van der Waals surface area (Å²) < 4.78 is 32.0. The van der Waals surface area contributed by atoms with Gasteiger partial charge in [0.05, 0.1) is 4.47 Å². The minimum Gasteiger partial charge on any atom is -0.457 e. The normalized spacial score (nSPS) is 10.4. The lowest BCUT2D eigenvalue weighted by Crippen LogP contribution is -1.97. The van der Waals surface area contributed by atoms with E-state index in [1.54, 1.807) is 6.07 Å². The summed E-state index contributed by atoms with van der Waals surface area (Å²) >= 11 is 3.05. The second-order valence-corrected chi connectivity index (χ2v) is 4.53.